The average Bonchev–Trinajstić information content (AvgIpc) is 3.37. The zero-order valence-corrected chi connectivity index (χ0v) is 51.4. The maximum absolute atomic E-state index is 10.4. The molecule has 0 aromatic carbocycles. The molecule has 0 aromatic heterocycles. The zero-order valence-electron chi connectivity index (χ0n) is 51.4. The van der Waals surface area contributed by atoms with E-state index in [4.69, 9.17) is 30.6 Å². The maximum atomic E-state index is 10.4. The number of unbranched alkanes of at least 4 members (excludes halogenated alkanes) is 39. The normalized spacial score (nSPS) is 11.3. The molecule has 0 atom stereocenters. The lowest BCUT2D eigenvalue weighted by Crippen LogP contribution is -2.32. The summed E-state index contributed by atoms with van der Waals surface area (Å²) < 4.78 is 0. The van der Waals surface area contributed by atoms with Gasteiger partial charge in [-0.25, -0.2) is 0 Å². The number of hydrogen-bond donors (Lipinski definition) is 6. The number of carbonyl (C=O) groups is 3. The quantitative estimate of drug-likeness (QED) is 0.0324. The van der Waals surface area contributed by atoms with E-state index < -0.39 is 23.3 Å². The molecule has 0 radical (unpaired) electrons. The molecule has 9 heteroatoms. The van der Waals surface area contributed by atoms with Gasteiger partial charge in [0.05, 0.1) is 19.8 Å². The molecule has 0 rings (SSSR count). The third kappa shape index (κ3) is 78.9. The fraction of sp³-hybridized carbons (Fsp3) is 0.955. The van der Waals surface area contributed by atoms with Crippen LogP contribution in [0.15, 0.2) is 0 Å². The van der Waals surface area contributed by atoms with Crippen molar-refractivity contribution in [2.45, 2.75) is 363 Å². The average molecular weight is 1070 g/mol. The van der Waals surface area contributed by atoms with Gasteiger partial charge in [0.15, 0.2) is 0 Å². The molecule has 452 valence electrons. The van der Waals surface area contributed by atoms with Crippen LogP contribution in [0.4, 0.5) is 0 Å². The van der Waals surface area contributed by atoms with Crippen LogP contribution in [0.25, 0.3) is 0 Å². The Morgan fingerprint density at radius 3 is 0.493 bits per heavy atom. The zero-order chi connectivity index (χ0) is 56.7. The molecule has 0 aromatic rings. The second kappa shape index (κ2) is 66.6. The van der Waals surface area contributed by atoms with Crippen LogP contribution in [0.5, 0.6) is 0 Å². The van der Waals surface area contributed by atoms with Crippen molar-refractivity contribution in [1.82, 2.24) is 0 Å². The Hall–Kier alpha value is -1.71. The van der Waals surface area contributed by atoms with Crippen molar-refractivity contribution in [3.8, 4) is 0 Å². The summed E-state index contributed by atoms with van der Waals surface area (Å²) in [7, 11) is 0. The first-order chi connectivity index (χ1) is 36.1. The summed E-state index contributed by atoms with van der Waals surface area (Å²) in [5, 5.41) is 51.6. The van der Waals surface area contributed by atoms with E-state index >= 15 is 0 Å². The molecular formula is C66H134O9. The second-order valence-corrected chi connectivity index (χ2v) is 24.2. The second-order valence-electron chi connectivity index (χ2n) is 24.2. The van der Waals surface area contributed by atoms with E-state index in [-0.39, 0.29) is 19.8 Å². The van der Waals surface area contributed by atoms with Crippen molar-refractivity contribution >= 4 is 17.9 Å². The van der Waals surface area contributed by atoms with Gasteiger partial charge in [-0.1, -0.05) is 318 Å². The van der Waals surface area contributed by atoms with Crippen LogP contribution in [0.2, 0.25) is 0 Å². The van der Waals surface area contributed by atoms with Gasteiger partial charge in [-0.05, 0) is 43.4 Å². The van der Waals surface area contributed by atoms with Crippen molar-refractivity contribution in [2.75, 3.05) is 19.8 Å². The number of hydrogen-bond acceptors (Lipinski definition) is 6. The molecule has 0 saturated carbocycles. The Balaban J connectivity index is -0.000000465. The molecule has 0 heterocycles. The molecule has 0 fully saturated rings. The maximum Gasteiger partial charge on any atom is 0.303 e. The van der Waals surface area contributed by atoms with Crippen molar-refractivity contribution in [2.24, 2.45) is 23.2 Å². The third-order valence-corrected chi connectivity index (χ3v) is 15.0. The SMILES string of the molecule is CC(C)CCCCCCCCCCCCCCCCC(=O)O.CC(C)CCCCCCCCCCCCCCCCC(=O)O.CC(C)CCCCCCCCCCCCCCCCC(=O)O.CCC(CO)(CO)CO. The van der Waals surface area contributed by atoms with Gasteiger partial charge in [-0.15, -0.1) is 0 Å². The Bertz CT molecular complexity index is 969. The molecular weight excluding hydrogens is 937 g/mol. The van der Waals surface area contributed by atoms with Crippen molar-refractivity contribution < 1.29 is 45.0 Å². The molecule has 9 nitrogen and oxygen atoms in total. The number of rotatable bonds is 55. The van der Waals surface area contributed by atoms with Crippen LogP contribution >= 0.6 is 0 Å². The summed E-state index contributed by atoms with van der Waals surface area (Å²) in [6.07, 6.45) is 61.3. The van der Waals surface area contributed by atoms with Gasteiger partial charge in [0.25, 0.3) is 0 Å². The van der Waals surface area contributed by atoms with Crippen LogP contribution in [0, 0.1) is 23.2 Å². The molecule has 0 spiro atoms. The molecule has 0 bridgehead atoms. The minimum Gasteiger partial charge on any atom is -0.481 e. The van der Waals surface area contributed by atoms with E-state index in [2.05, 4.69) is 41.5 Å². The fourth-order valence-electron chi connectivity index (χ4n) is 9.34. The standard InChI is InChI=1S/3C20H40O2.C6H14O3/c3*1-19(2)17-15-13-11-9-7-5-3-4-6-8-10-12-14-16-18-20(21)22;1-2-6(3-7,4-8)5-9/h3*19H,3-18H2,1-2H3,(H,21,22);7-9H,2-5H2,1H3. The predicted octanol–water partition coefficient (Wildman–Crippen LogP) is 20.3. The van der Waals surface area contributed by atoms with Gasteiger partial charge < -0.3 is 30.6 Å². The van der Waals surface area contributed by atoms with Crippen molar-refractivity contribution in [3.63, 3.8) is 0 Å². The van der Waals surface area contributed by atoms with E-state index in [1.165, 1.54) is 250 Å². The van der Waals surface area contributed by atoms with Crippen molar-refractivity contribution in [3.05, 3.63) is 0 Å². The summed E-state index contributed by atoms with van der Waals surface area (Å²) in [5.41, 5.74) is -0.667. The summed E-state index contributed by atoms with van der Waals surface area (Å²) in [6, 6.07) is 0. The highest BCUT2D eigenvalue weighted by Gasteiger charge is 2.25. The molecule has 0 saturated heterocycles. The molecule has 0 aliphatic heterocycles. The Kier molecular flexibility index (Phi) is 70.8. The van der Waals surface area contributed by atoms with Crippen molar-refractivity contribution in [1.29, 1.82) is 0 Å². The molecule has 6 N–H and O–H groups in total. The topological polar surface area (TPSA) is 173 Å². The van der Waals surface area contributed by atoms with Crippen LogP contribution in [-0.2, 0) is 14.4 Å². The summed E-state index contributed by atoms with van der Waals surface area (Å²) >= 11 is 0. The first-order valence-corrected chi connectivity index (χ1v) is 32.6. The van der Waals surface area contributed by atoms with Gasteiger partial charge in [0, 0.05) is 24.7 Å². The smallest absolute Gasteiger partial charge is 0.303 e. The van der Waals surface area contributed by atoms with E-state index in [0.717, 1.165) is 56.3 Å². The summed E-state index contributed by atoms with van der Waals surface area (Å²) in [6.45, 7) is 15.2. The molecule has 75 heavy (non-hydrogen) atoms. The molecule has 0 aliphatic rings. The summed E-state index contributed by atoms with van der Waals surface area (Å²) in [5.74, 6) is 0.659. The summed E-state index contributed by atoms with van der Waals surface area (Å²) in [4.78, 5) is 31.1. The number of aliphatic hydroxyl groups excluding tert-OH is 3. The highest BCUT2D eigenvalue weighted by atomic mass is 16.4. The first-order valence-electron chi connectivity index (χ1n) is 32.6. The lowest BCUT2D eigenvalue weighted by Gasteiger charge is -2.24. The van der Waals surface area contributed by atoms with Crippen LogP contribution in [-0.4, -0.2) is 68.4 Å². The Morgan fingerprint density at radius 1 is 0.267 bits per heavy atom. The molecule has 0 amide bonds. The van der Waals surface area contributed by atoms with E-state index in [1.807, 2.05) is 6.92 Å². The van der Waals surface area contributed by atoms with Crippen LogP contribution < -0.4 is 0 Å². The van der Waals surface area contributed by atoms with Gasteiger partial charge >= 0.3 is 17.9 Å². The third-order valence-electron chi connectivity index (χ3n) is 15.0. The lowest BCUT2D eigenvalue weighted by atomic mass is 9.88. The minimum atomic E-state index is -0.667. The monoisotopic (exact) mass is 1070 g/mol. The fourth-order valence-corrected chi connectivity index (χ4v) is 9.34. The number of carboxylic acids is 3. The van der Waals surface area contributed by atoms with Gasteiger partial charge in [-0.3, -0.25) is 14.4 Å². The first kappa shape index (κ1) is 79.8. The molecule has 0 unspecified atom stereocenters. The van der Waals surface area contributed by atoms with Gasteiger partial charge in [-0.2, -0.15) is 0 Å². The number of carboxylic acid groups (broad SMARTS) is 3. The van der Waals surface area contributed by atoms with E-state index in [0.29, 0.717) is 25.7 Å². The largest absolute Gasteiger partial charge is 0.481 e. The highest BCUT2D eigenvalue weighted by molar-refractivity contribution is 5.67. The van der Waals surface area contributed by atoms with Gasteiger partial charge in [0.1, 0.15) is 0 Å². The van der Waals surface area contributed by atoms with E-state index in [1.54, 1.807) is 0 Å². The van der Waals surface area contributed by atoms with Crippen LogP contribution in [0.3, 0.4) is 0 Å². The number of aliphatic hydroxyl groups is 3. The van der Waals surface area contributed by atoms with Gasteiger partial charge in [0.2, 0.25) is 0 Å². The minimum absolute atomic E-state index is 0.156. The Morgan fingerprint density at radius 2 is 0.400 bits per heavy atom. The Labute approximate surface area is 467 Å². The highest BCUT2D eigenvalue weighted by Crippen LogP contribution is 2.20. The van der Waals surface area contributed by atoms with Crippen LogP contribution in [0.1, 0.15) is 363 Å². The lowest BCUT2D eigenvalue weighted by molar-refractivity contribution is -0.138. The predicted molar refractivity (Wildman–Crippen MR) is 323 cm³/mol. The molecule has 0 aliphatic carbocycles. The van der Waals surface area contributed by atoms with E-state index in [9.17, 15) is 14.4 Å². The number of aliphatic carboxylic acids is 3.